The molecule has 0 saturated carbocycles. The van der Waals surface area contributed by atoms with E-state index in [4.69, 9.17) is 6.42 Å². The largest absolute Gasteiger partial charge is 0.374 e. The van der Waals surface area contributed by atoms with E-state index in [0.29, 0.717) is 12.4 Å². The molecule has 3 rings (SSSR count). The van der Waals surface area contributed by atoms with Gasteiger partial charge in [-0.15, -0.1) is 11.5 Å². The number of benzene rings is 2. The van der Waals surface area contributed by atoms with E-state index >= 15 is 0 Å². The summed E-state index contributed by atoms with van der Waals surface area (Å²) in [4.78, 5) is 5.41. The number of nitrogens with one attached hydrogen (secondary N) is 1. The van der Waals surface area contributed by atoms with Gasteiger partial charge in [0.25, 0.3) is 0 Å². The fourth-order valence-electron chi connectivity index (χ4n) is 2.10. The molecule has 0 saturated heterocycles. The van der Waals surface area contributed by atoms with Crippen LogP contribution in [0.5, 0.6) is 0 Å². The highest BCUT2D eigenvalue weighted by molar-refractivity contribution is 7.97. The van der Waals surface area contributed by atoms with Crippen LogP contribution in [0.3, 0.4) is 0 Å². The van der Waals surface area contributed by atoms with Crippen molar-refractivity contribution in [2.24, 2.45) is 0 Å². The van der Waals surface area contributed by atoms with E-state index in [1.807, 2.05) is 54.6 Å². The SMILES string of the molecule is C#CCNC(=C)c1ccc(Sn2cnc(-c3ccccc3)n2)cc1. The van der Waals surface area contributed by atoms with E-state index in [0.717, 1.165) is 21.7 Å². The van der Waals surface area contributed by atoms with Gasteiger partial charge in [0.1, 0.15) is 6.33 Å². The molecular formula is C19H16N4S. The molecule has 0 unspecified atom stereocenters. The third-order valence-corrected chi connectivity index (χ3v) is 4.16. The van der Waals surface area contributed by atoms with Crippen LogP contribution in [0.25, 0.3) is 17.1 Å². The Bertz CT molecular complexity index is 860. The summed E-state index contributed by atoms with van der Waals surface area (Å²) in [7, 11) is 0. The standard InChI is InChI=1S/C19H16N4S/c1-3-13-20-15(2)16-9-11-18(12-10-16)24-23-14-21-19(22-23)17-7-5-4-6-8-17/h1,4-12,14,20H,2,13H2. The highest BCUT2D eigenvalue weighted by Gasteiger charge is 2.05. The first-order valence-electron chi connectivity index (χ1n) is 7.38. The molecule has 118 valence electrons. The van der Waals surface area contributed by atoms with E-state index in [9.17, 15) is 0 Å². The van der Waals surface area contributed by atoms with Gasteiger partial charge < -0.3 is 5.32 Å². The molecule has 1 N–H and O–H groups in total. The Morgan fingerprint density at radius 1 is 1.17 bits per heavy atom. The monoisotopic (exact) mass is 332 g/mol. The summed E-state index contributed by atoms with van der Waals surface area (Å²) in [5, 5.41) is 7.56. The second-order valence-corrected chi connectivity index (χ2v) is 6.02. The Morgan fingerprint density at radius 3 is 2.62 bits per heavy atom. The lowest BCUT2D eigenvalue weighted by molar-refractivity contribution is 1.01. The molecule has 4 nitrogen and oxygen atoms in total. The molecule has 1 aromatic heterocycles. The quantitative estimate of drug-likeness (QED) is 0.699. The topological polar surface area (TPSA) is 42.7 Å². The van der Waals surface area contributed by atoms with E-state index in [2.05, 4.69) is 27.9 Å². The van der Waals surface area contributed by atoms with E-state index in [-0.39, 0.29) is 0 Å². The van der Waals surface area contributed by atoms with Gasteiger partial charge >= 0.3 is 0 Å². The van der Waals surface area contributed by atoms with E-state index in [1.165, 1.54) is 11.9 Å². The number of terminal acetylenes is 1. The number of rotatable bonds is 6. The van der Waals surface area contributed by atoms with E-state index in [1.54, 1.807) is 10.4 Å². The van der Waals surface area contributed by atoms with Crippen LogP contribution < -0.4 is 5.32 Å². The predicted molar refractivity (Wildman–Crippen MR) is 99.0 cm³/mol. The van der Waals surface area contributed by atoms with Gasteiger partial charge in [-0.3, -0.25) is 0 Å². The van der Waals surface area contributed by atoms with Crippen molar-refractivity contribution >= 4 is 17.6 Å². The van der Waals surface area contributed by atoms with Crippen molar-refractivity contribution in [1.82, 2.24) is 19.5 Å². The summed E-state index contributed by atoms with van der Waals surface area (Å²) >= 11 is 1.50. The van der Waals surface area contributed by atoms with Crippen LogP contribution in [0, 0.1) is 12.3 Å². The van der Waals surface area contributed by atoms with Crippen molar-refractivity contribution < 1.29 is 0 Å². The smallest absolute Gasteiger partial charge is 0.182 e. The van der Waals surface area contributed by atoms with Crippen LogP contribution in [-0.4, -0.2) is 20.7 Å². The molecule has 3 aromatic rings. The fourth-order valence-corrected chi connectivity index (χ4v) is 2.78. The minimum Gasteiger partial charge on any atom is -0.374 e. The van der Waals surface area contributed by atoms with Crippen LogP contribution in [-0.2, 0) is 0 Å². The molecule has 0 radical (unpaired) electrons. The van der Waals surface area contributed by atoms with Gasteiger partial charge in [-0.1, -0.05) is 55.0 Å². The zero-order valence-electron chi connectivity index (χ0n) is 13.0. The van der Waals surface area contributed by atoms with Crippen molar-refractivity contribution in [3.8, 4) is 23.7 Å². The zero-order chi connectivity index (χ0) is 16.8. The average Bonchev–Trinajstić information content (AvgIpc) is 3.09. The maximum atomic E-state index is 5.24. The van der Waals surface area contributed by atoms with Crippen LogP contribution in [0.4, 0.5) is 0 Å². The fraction of sp³-hybridized carbons (Fsp3) is 0.0526. The number of aromatic nitrogens is 3. The van der Waals surface area contributed by atoms with Crippen LogP contribution in [0.2, 0.25) is 0 Å². The second kappa shape index (κ2) is 7.53. The molecule has 2 aromatic carbocycles. The van der Waals surface area contributed by atoms with Gasteiger partial charge in [-0.2, -0.15) is 4.09 Å². The number of hydrogen-bond donors (Lipinski definition) is 1. The van der Waals surface area contributed by atoms with Gasteiger partial charge in [0, 0.05) is 28.1 Å². The van der Waals surface area contributed by atoms with Crippen molar-refractivity contribution in [2.45, 2.75) is 4.90 Å². The highest BCUT2D eigenvalue weighted by Crippen LogP contribution is 2.22. The lowest BCUT2D eigenvalue weighted by Gasteiger charge is -2.07. The van der Waals surface area contributed by atoms with Crippen molar-refractivity contribution in [3.05, 3.63) is 73.1 Å². The lowest BCUT2D eigenvalue weighted by Crippen LogP contribution is -2.10. The Labute approximate surface area is 145 Å². The Balaban J connectivity index is 1.68. The van der Waals surface area contributed by atoms with Gasteiger partial charge in [-0.25, -0.2) is 4.98 Å². The molecule has 0 amide bonds. The first-order valence-corrected chi connectivity index (χ1v) is 8.16. The molecule has 0 bridgehead atoms. The molecule has 0 fully saturated rings. The third kappa shape index (κ3) is 3.86. The summed E-state index contributed by atoms with van der Waals surface area (Å²) in [6.07, 6.45) is 6.95. The van der Waals surface area contributed by atoms with Gasteiger partial charge in [-0.05, 0) is 17.7 Å². The Hall–Kier alpha value is -2.97. The average molecular weight is 332 g/mol. The van der Waals surface area contributed by atoms with Crippen LogP contribution in [0.15, 0.2) is 72.4 Å². The molecule has 0 aliphatic rings. The number of nitrogens with zero attached hydrogens (tertiary/aromatic N) is 3. The molecular weight excluding hydrogens is 316 g/mol. The first-order chi connectivity index (χ1) is 11.8. The maximum absolute atomic E-state index is 5.24. The zero-order valence-corrected chi connectivity index (χ0v) is 13.8. The van der Waals surface area contributed by atoms with Crippen molar-refractivity contribution in [3.63, 3.8) is 0 Å². The van der Waals surface area contributed by atoms with Gasteiger partial charge in [0.15, 0.2) is 5.82 Å². The summed E-state index contributed by atoms with van der Waals surface area (Å²) in [5.41, 5.74) is 2.83. The van der Waals surface area contributed by atoms with Crippen LogP contribution >= 0.6 is 11.9 Å². The molecule has 5 heteroatoms. The molecule has 0 atom stereocenters. The minimum atomic E-state index is 0.469. The second-order valence-electron chi connectivity index (χ2n) is 4.99. The van der Waals surface area contributed by atoms with Crippen LogP contribution in [0.1, 0.15) is 5.56 Å². The maximum Gasteiger partial charge on any atom is 0.182 e. The summed E-state index contributed by atoms with van der Waals surface area (Å²) in [6.45, 7) is 4.44. The van der Waals surface area contributed by atoms with Gasteiger partial charge in [0.05, 0.1) is 6.54 Å². The summed E-state index contributed by atoms with van der Waals surface area (Å²) < 4.78 is 1.75. The summed E-state index contributed by atoms with van der Waals surface area (Å²) in [5.74, 6) is 3.25. The molecule has 0 spiro atoms. The molecule has 24 heavy (non-hydrogen) atoms. The molecule has 0 aliphatic carbocycles. The Morgan fingerprint density at radius 2 is 1.92 bits per heavy atom. The van der Waals surface area contributed by atoms with Gasteiger partial charge in [0.2, 0.25) is 0 Å². The third-order valence-electron chi connectivity index (χ3n) is 3.31. The molecule has 0 aliphatic heterocycles. The van der Waals surface area contributed by atoms with E-state index < -0.39 is 0 Å². The van der Waals surface area contributed by atoms with Crippen molar-refractivity contribution in [2.75, 3.05) is 6.54 Å². The number of hydrogen-bond acceptors (Lipinski definition) is 4. The molecule has 1 heterocycles. The summed E-state index contributed by atoms with van der Waals surface area (Å²) in [6, 6.07) is 18.0. The highest BCUT2D eigenvalue weighted by atomic mass is 32.2. The lowest BCUT2D eigenvalue weighted by atomic mass is 10.2. The normalized spacial score (nSPS) is 10.1. The Kier molecular flexibility index (Phi) is 4.99. The first kappa shape index (κ1) is 15.9. The minimum absolute atomic E-state index is 0.469. The predicted octanol–water partition coefficient (Wildman–Crippen LogP) is 3.69. The van der Waals surface area contributed by atoms with Crippen molar-refractivity contribution in [1.29, 1.82) is 0 Å².